The van der Waals surface area contributed by atoms with Crippen LogP contribution in [0.3, 0.4) is 0 Å². The van der Waals surface area contributed by atoms with E-state index in [1.807, 2.05) is 6.08 Å². The second-order valence-electron chi connectivity index (χ2n) is 19.2. The molecule has 70 heavy (non-hydrogen) atoms. The molecule has 0 saturated carbocycles. The first kappa shape index (κ1) is 66.6. The van der Waals surface area contributed by atoms with E-state index in [0.717, 1.165) is 83.5 Å². The summed E-state index contributed by atoms with van der Waals surface area (Å²) < 4.78 is 17.4. The third kappa shape index (κ3) is 57.1. The molecule has 0 saturated heterocycles. The minimum atomic E-state index is -0.595. The van der Waals surface area contributed by atoms with Crippen LogP contribution in [0.4, 0.5) is 0 Å². The molecule has 0 amide bonds. The van der Waals surface area contributed by atoms with Gasteiger partial charge in [-0.15, -0.1) is 0 Å². The van der Waals surface area contributed by atoms with Crippen molar-refractivity contribution in [2.75, 3.05) is 19.8 Å². The molecule has 0 N–H and O–H groups in total. The van der Waals surface area contributed by atoms with Crippen LogP contribution in [0.1, 0.15) is 265 Å². The number of carbonyl (C=O) groups is 2. The van der Waals surface area contributed by atoms with Crippen LogP contribution in [0, 0.1) is 0 Å². The predicted molar refractivity (Wildman–Crippen MR) is 306 cm³/mol. The molecule has 0 aliphatic rings. The van der Waals surface area contributed by atoms with Crippen LogP contribution in [-0.2, 0) is 23.8 Å². The fourth-order valence-electron chi connectivity index (χ4n) is 7.89. The lowest BCUT2D eigenvalue weighted by molar-refractivity contribution is -0.162. The molecule has 0 fully saturated rings. The van der Waals surface area contributed by atoms with Gasteiger partial charge in [-0.2, -0.15) is 0 Å². The predicted octanol–water partition coefficient (Wildman–Crippen LogP) is 20.3. The summed E-state index contributed by atoms with van der Waals surface area (Å²) in [5.41, 5.74) is 0. The Kier molecular flexibility index (Phi) is 56.9. The van der Waals surface area contributed by atoms with Crippen LogP contribution < -0.4 is 0 Å². The first-order chi connectivity index (χ1) is 34.6. The normalized spacial score (nSPS) is 13.0. The monoisotopic (exact) mass is 971 g/mol. The molecule has 0 radical (unpaired) electrons. The van der Waals surface area contributed by atoms with Gasteiger partial charge in [-0.25, -0.2) is 0 Å². The average molecular weight is 972 g/mol. The topological polar surface area (TPSA) is 61.8 Å². The fourth-order valence-corrected chi connectivity index (χ4v) is 7.89. The lowest BCUT2D eigenvalue weighted by Crippen LogP contribution is -2.30. The van der Waals surface area contributed by atoms with Crippen molar-refractivity contribution in [3.05, 3.63) is 109 Å². The van der Waals surface area contributed by atoms with Crippen molar-refractivity contribution >= 4 is 11.9 Å². The lowest BCUT2D eigenvalue weighted by Gasteiger charge is -2.18. The Labute approximate surface area is 434 Å². The van der Waals surface area contributed by atoms with E-state index in [1.54, 1.807) is 0 Å². The Morgan fingerprint density at radius 2 is 0.629 bits per heavy atom. The lowest BCUT2D eigenvalue weighted by atomic mass is 10.0. The van der Waals surface area contributed by atoms with Crippen LogP contribution in [-0.4, -0.2) is 37.9 Å². The van der Waals surface area contributed by atoms with Gasteiger partial charge in [0.05, 0.1) is 6.61 Å². The van der Waals surface area contributed by atoms with Crippen LogP contribution in [0.15, 0.2) is 109 Å². The van der Waals surface area contributed by atoms with Gasteiger partial charge >= 0.3 is 11.9 Å². The Morgan fingerprint density at radius 3 is 1.03 bits per heavy atom. The van der Waals surface area contributed by atoms with Crippen molar-refractivity contribution < 1.29 is 23.8 Å². The van der Waals surface area contributed by atoms with Crippen LogP contribution in [0.2, 0.25) is 0 Å². The third-order valence-corrected chi connectivity index (χ3v) is 12.3. The number of carbonyl (C=O) groups excluding carboxylic acids is 2. The zero-order valence-electron chi connectivity index (χ0n) is 46.0. The number of esters is 2. The van der Waals surface area contributed by atoms with Crippen molar-refractivity contribution in [2.24, 2.45) is 0 Å². The van der Waals surface area contributed by atoms with Crippen LogP contribution in [0.5, 0.6) is 0 Å². The van der Waals surface area contributed by atoms with Gasteiger partial charge in [-0.3, -0.25) is 9.59 Å². The van der Waals surface area contributed by atoms with Crippen molar-refractivity contribution in [3.63, 3.8) is 0 Å². The van der Waals surface area contributed by atoms with Gasteiger partial charge in [0.2, 0.25) is 0 Å². The highest BCUT2D eigenvalue weighted by Gasteiger charge is 2.17. The summed E-state index contributed by atoms with van der Waals surface area (Å²) in [5, 5.41) is 0. The van der Waals surface area contributed by atoms with Gasteiger partial charge in [-0.05, 0) is 103 Å². The Hall–Kier alpha value is -3.44. The van der Waals surface area contributed by atoms with Gasteiger partial charge in [0.1, 0.15) is 6.61 Å². The summed E-state index contributed by atoms with van der Waals surface area (Å²) in [6.07, 6.45) is 82.6. The maximum atomic E-state index is 12.8. The minimum Gasteiger partial charge on any atom is -0.462 e. The second kappa shape index (κ2) is 59.9. The van der Waals surface area contributed by atoms with Crippen molar-refractivity contribution in [2.45, 2.75) is 271 Å². The maximum Gasteiger partial charge on any atom is 0.306 e. The number of rotatable bonds is 53. The number of hydrogen-bond donors (Lipinski definition) is 0. The molecular weight excluding hydrogens is 861 g/mol. The number of ether oxygens (including phenoxy) is 3. The highest BCUT2D eigenvalue weighted by atomic mass is 16.6. The molecule has 400 valence electrons. The van der Waals surface area contributed by atoms with Gasteiger partial charge < -0.3 is 14.2 Å². The van der Waals surface area contributed by atoms with Crippen molar-refractivity contribution in [3.8, 4) is 0 Å². The van der Waals surface area contributed by atoms with Gasteiger partial charge in [0.15, 0.2) is 6.10 Å². The molecule has 0 aromatic heterocycles. The van der Waals surface area contributed by atoms with Crippen LogP contribution in [0.25, 0.3) is 0 Å². The first-order valence-electron chi connectivity index (χ1n) is 29.4. The Balaban J connectivity index is 4.46. The fraction of sp³-hybridized carbons (Fsp3) is 0.692. The van der Waals surface area contributed by atoms with Crippen molar-refractivity contribution in [1.29, 1.82) is 0 Å². The summed E-state index contributed by atoms with van der Waals surface area (Å²) in [4.78, 5) is 25.5. The zero-order chi connectivity index (χ0) is 50.6. The summed E-state index contributed by atoms with van der Waals surface area (Å²) in [6, 6.07) is 0. The van der Waals surface area contributed by atoms with Gasteiger partial charge in [0, 0.05) is 19.4 Å². The molecule has 0 aliphatic carbocycles. The Bertz CT molecular complexity index is 1380. The Morgan fingerprint density at radius 1 is 0.314 bits per heavy atom. The molecule has 0 spiro atoms. The molecule has 1 atom stereocenters. The van der Waals surface area contributed by atoms with E-state index in [-0.39, 0.29) is 31.6 Å². The minimum absolute atomic E-state index is 0.0354. The smallest absolute Gasteiger partial charge is 0.306 e. The summed E-state index contributed by atoms with van der Waals surface area (Å²) in [6.45, 7) is 7.68. The van der Waals surface area contributed by atoms with E-state index in [9.17, 15) is 9.59 Å². The molecule has 0 aromatic rings. The molecule has 0 bridgehead atoms. The van der Waals surface area contributed by atoms with E-state index < -0.39 is 6.10 Å². The number of hydrogen-bond acceptors (Lipinski definition) is 5. The standard InChI is InChI=1S/C65H110O5/c1-4-7-10-13-16-19-22-25-28-31-33-35-37-40-43-46-49-52-55-58-64(66)69-62-63(61-68-60-57-54-51-48-45-42-39-30-27-24-21-18-15-12-9-6-3)70-65(67)59-56-53-50-47-44-41-38-36-34-32-29-26-23-20-17-14-11-8-5-2/h16-17,19-20,25-26,28-29,33-36,40-41,43-44,50,53,63H,4-15,18,21-24,27,30-32,37-39,42,45-49,51-52,54-62H2,1-3H3/b19-16-,20-17-,28-25-,29-26-,35-33-,36-34-,43-40-,44-41-,53-50-/t63-/m1/s1. The molecule has 0 heterocycles. The molecule has 0 rings (SSSR count). The first-order valence-corrected chi connectivity index (χ1v) is 29.4. The van der Waals surface area contributed by atoms with Gasteiger partial charge in [0.25, 0.3) is 0 Å². The molecule has 0 unspecified atom stereocenters. The summed E-state index contributed by atoms with van der Waals surface area (Å²) in [5.74, 6) is -0.525. The second-order valence-corrected chi connectivity index (χ2v) is 19.2. The molecule has 5 heteroatoms. The largest absolute Gasteiger partial charge is 0.462 e. The van der Waals surface area contributed by atoms with E-state index in [2.05, 4.69) is 124 Å². The summed E-state index contributed by atoms with van der Waals surface area (Å²) in [7, 11) is 0. The molecular formula is C65H110O5. The zero-order valence-corrected chi connectivity index (χ0v) is 46.0. The molecule has 0 aromatic carbocycles. The number of unbranched alkanes of at least 4 members (excludes halogenated alkanes) is 24. The summed E-state index contributed by atoms with van der Waals surface area (Å²) >= 11 is 0. The van der Waals surface area contributed by atoms with Gasteiger partial charge in [-0.1, -0.05) is 259 Å². The number of allylic oxidation sites excluding steroid dienone is 18. The molecule has 5 nitrogen and oxygen atoms in total. The quantitative estimate of drug-likeness (QED) is 0.0345. The van der Waals surface area contributed by atoms with Crippen molar-refractivity contribution in [1.82, 2.24) is 0 Å². The van der Waals surface area contributed by atoms with E-state index >= 15 is 0 Å². The average Bonchev–Trinajstić information content (AvgIpc) is 3.36. The highest BCUT2D eigenvalue weighted by molar-refractivity contribution is 5.70. The maximum absolute atomic E-state index is 12.8. The third-order valence-electron chi connectivity index (χ3n) is 12.3. The van der Waals surface area contributed by atoms with E-state index in [4.69, 9.17) is 14.2 Å². The molecule has 0 aliphatic heterocycles. The highest BCUT2D eigenvalue weighted by Crippen LogP contribution is 2.15. The van der Waals surface area contributed by atoms with Crippen LogP contribution >= 0.6 is 0 Å². The van der Waals surface area contributed by atoms with E-state index in [0.29, 0.717) is 19.4 Å². The van der Waals surface area contributed by atoms with E-state index in [1.165, 1.54) is 141 Å². The SMILES string of the molecule is CCCCC/C=C\C/C=C\C/C=C\C/C=C\C/C=C\CCC(=O)O[C@H](COCCCCCCCCCCCCCCCCCC)COC(=O)CCCCC/C=C\C/C=C\C/C=C\C/C=C\CCCCC.